The Bertz CT molecular complexity index is 789. The quantitative estimate of drug-likeness (QED) is 0.719. The molecular weight excluding hydrogens is 269 g/mol. The third-order valence-electron chi connectivity index (χ3n) is 2.88. The molecule has 0 unspecified atom stereocenters. The first kappa shape index (κ1) is 12.0. The summed E-state index contributed by atoms with van der Waals surface area (Å²) >= 11 is 5.80. The van der Waals surface area contributed by atoms with Gasteiger partial charge in [0, 0.05) is 11.1 Å². The molecule has 0 bridgehead atoms. The molecule has 0 fully saturated rings. The van der Waals surface area contributed by atoms with Crippen LogP contribution in [0.3, 0.4) is 0 Å². The average molecular weight is 278 g/mol. The zero-order chi connectivity index (χ0) is 13.4. The van der Waals surface area contributed by atoms with E-state index in [0.717, 1.165) is 5.56 Å². The Kier molecular flexibility index (Phi) is 2.87. The van der Waals surface area contributed by atoms with Crippen molar-refractivity contribution in [2.75, 3.05) is 0 Å². The summed E-state index contributed by atoms with van der Waals surface area (Å²) in [7, 11) is 0. The van der Waals surface area contributed by atoms with Gasteiger partial charge < -0.3 is 4.42 Å². The van der Waals surface area contributed by atoms with Crippen molar-refractivity contribution in [1.82, 2.24) is 4.57 Å². The van der Waals surface area contributed by atoms with Crippen molar-refractivity contribution in [3.63, 3.8) is 0 Å². The van der Waals surface area contributed by atoms with Gasteiger partial charge in [0.1, 0.15) is 5.82 Å². The Balaban J connectivity index is 2.09. The van der Waals surface area contributed by atoms with E-state index in [1.807, 2.05) is 12.1 Å². The maximum atomic E-state index is 13.2. The molecule has 3 nitrogen and oxygen atoms in total. The lowest BCUT2D eigenvalue weighted by Crippen LogP contribution is -2.14. The van der Waals surface area contributed by atoms with Gasteiger partial charge in [0.15, 0.2) is 5.58 Å². The van der Waals surface area contributed by atoms with Gasteiger partial charge in [-0.15, -0.1) is 0 Å². The van der Waals surface area contributed by atoms with Crippen LogP contribution in [-0.4, -0.2) is 4.57 Å². The van der Waals surface area contributed by atoms with E-state index >= 15 is 0 Å². The van der Waals surface area contributed by atoms with E-state index in [1.165, 1.54) is 22.8 Å². The summed E-state index contributed by atoms with van der Waals surface area (Å²) in [5.41, 5.74) is 1.71. The molecule has 1 aromatic heterocycles. The topological polar surface area (TPSA) is 35.1 Å². The molecule has 0 radical (unpaired) electrons. The molecule has 0 spiro atoms. The van der Waals surface area contributed by atoms with Crippen LogP contribution in [0.25, 0.3) is 11.1 Å². The number of halogens is 2. The normalized spacial score (nSPS) is 11.1. The molecule has 5 heteroatoms. The summed E-state index contributed by atoms with van der Waals surface area (Å²) in [6, 6.07) is 11.1. The molecule has 0 amide bonds. The largest absolute Gasteiger partial charge is 0.420 e. The first-order chi connectivity index (χ1) is 9.13. The minimum absolute atomic E-state index is 0.312. The van der Waals surface area contributed by atoms with E-state index in [1.54, 1.807) is 12.1 Å². The number of fused-ring (bicyclic) bond motifs is 1. The van der Waals surface area contributed by atoms with Crippen molar-refractivity contribution in [3.05, 3.63) is 69.4 Å². The van der Waals surface area contributed by atoms with Crippen LogP contribution in [0.15, 0.2) is 51.7 Å². The molecule has 0 N–H and O–H groups in total. The summed E-state index contributed by atoms with van der Waals surface area (Å²) < 4.78 is 19.7. The molecule has 0 aliphatic heterocycles. The smallest absolute Gasteiger partial charge is 0.408 e. The highest BCUT2D eigenvalue weighted by molar-refractivity contribution is 6.30. The first-order valence-electron chi connectivity index (χ1n) is 5.67. The standard InChI is InChI=1S/C14H9ClFNO2/c15-10-3-1-9(2-4-10)8-17-12-7-11(16)5-6-13(12)19-14(17)18/h1-7H,8H2. The van der Waals surface area contributed by atoms with Crippen LogP contribution < -0.4 is 5.76 Å². The number of aromatic nitrogens is 1. The van der Waals surface area contributed by atoms with Crippen LogP contribution in [0.1, 0.15) is 5.56 Å². The van der Waals surface area contributed by atoms with Crippen LogP contribution in [0.5, 0.6) is 0 Å². The fraction of sp³-hybridized carbons (Fsp3) is 0.0714. The van der Waals surface area contributed by atoms with E-state index in [2.05, 4.69) is 0 Å². The Morgan fingerprint density at radius 1 is 1.16 bits per heavy atom. The highest BCUT2D eigenvalue weighted by atomic mass is 35.5. The first-order valence-corrected chi connectivity index (χ1v) is 6.04. The highest BCUT2D eigenvalue weighted by Crippen LogP contribution is 2.16. The van der Waals surface area contributed by atoms with Gasteiger partial charge in [0.2, 0.25) is 0 Å². The summed E-state index contributed by atoms with van der Waals surface area (Å²) in [6.45, 7) is 0.312. The monoisotopic (exact) mass is 277 g/mol. The Labute approximate surface area is 112 Å². The van der Waals surface area contributed by atoms with Gasteiger partial charge in [-0.05, 0) is 29.8 Å². The summed E-state index contributed by atoms with van der Waals surface area (Å²) in [5.74, 6) is -0.909. The van der Waals surface area contributed by atoms with Gasteiger partial charge in [-0.3, -0.25) is 4.57 Å². The molecule has 0 atom stereocenters. The molecule has 0 aliphatic rings. The number of benzene rings is 2. The Hall–Kier alpha value is -2.07. The number of oxazole rings is 1. The molecular formula is C14H9ClFNO2. The van der Waals surface area contributed by atoms with Crippen LogP contribution in [0.4, 0.5) is 4.39 Å². The molecule has 3 aromatic rings. The second kappa shape index (κ2) is 4.55. The Morgan fingerprint density at radius 3 is 2.63 bits per heavy atom. The highest BCUT2D eigenvalue weighted by Gasteiger charge is 2.10. The van der Waals surface area contributed by atoms with Crippen molar-refractivity contribution in [2.24, 2.45) is 0 Å². The fourth-order valence-electron chi connectivity index (χ4n) is 1.96. The zero-order valence-electron chi connectivity index (χ0n) is 9.77. The maximum Gasteiger partial charge on any atom is 0.420 e. The van der Waals surface area contributed by atoms with Gasteiger partial charge in [-0.1, -0.05) is 23.7 Å². The molecule has 3 rings (SSSR count). The fourth-order valence-corrected chi connectivity index (χ4v) is 2.08. The van der Waals surface area contributed by atoms with Crippen molar-refractivity contribution < 1.29 is 8.81 Å². The molecule has 0 aliphatic carbocycles. The summed E-state index contributed by atoms with van der Waals surface area (Å²) in [6.07, 6.45) is 0. The predicted molar refractivity (Wildman–Crippen MR) is 71.0 cm³/mol. The number of hydrogen-bond donors (Lipinski definition) is 0. The lowest BCUT2D eigenvalue weighted by atomic mass is 10.2. The van der Waals surface area contributed by atoms with Crippen molar-refractivity contribution in [1.29, 1.82) is 0 Å². The number of rotatable bonds is 2. The number of nitrogens with zero attached hydrogens (tertiary/aromatic N) is 1. The van der Waals surface area contributed by atoms with Crippen LogP contribution in [0, 0.1) is 5.82 Å². The number of hydrogen-bond acceptors (Lipinski definition) is 2. The minimum atomic E-state index is -0.504. The van der Waals surface area contributed by atoms with E-state index in [9.17, 15) is 9.18 Å². The molecule has 1 heterocycles. The van der Waals surface area contributed by atoms with Gasteiger partial charge in [-0.25, -0.2) is 9.18 Å². The van der Waals surface area contributed by atoms with Gasteiger partial charge in [-0.2, -0.15) is 0 Å². The third-order valence-corrected chi connectivity index (χ3v) is 3.14. The average Bonchev–Trinajstić information content (AvgIpc) is 2.69. The van der Waals surface area contributed by atoms with E-state index in [4.69, 9.17) is 16.0 Å². The van der Waals surface area contributed by atoms with E-state index in [-0.39, 0.29) is 0 Å². The van der Waals surface area contributed by atoms with E-state index < -0.39 is 11.6 Å². The molecule has 0 saturated heterocycles. The zero-order valence-corrected chi connectivity index (χ0v) is 10.5. The van der Waals surface area contributed by atoms with Crippen molar-refractivity contribution in [2.45, 2.75) is 6.54 Å². The third kappa shape index (κ3) is 2.27. The SMILES string of the molecule is O=c1oc2ccc(F)cc2n1Cc1ccc(Cl)cc1. The predicted octanol–water partition coefficient (Wildman–Crippen LogP) is 3.44. The van der Waals surface area contributed by atoms with Crippen LogP contribution in [0.2, 0.25) is 5.02 Å². The van der Waals surface area contributed by atoms with Gasteiger partial charge in [0.05, 0.1) is 12.1 Å². The van der Waals surface area contributed by atoms with Crippen molar-refractivity contribution in [3.8, 4) is 0 Å². The lowest BCUT2D eigenvalue weighted by Gasteiger charge is -2.02. The molecule has 2 aromatic carbocycles. The minimum Gasteiger partial charge on any atom is -0.408 e. The molecule has 96 valence electrons. The molecule has 19 heavy (non-hydrogen) atoms. The molecule has 0 saturated carbocycles. The second-order valence-corrected chi connectivity index (χ2v) is 4.63. The second-order valence-electron chi connectivity index (χ2n) is 4.19. The van der Waals surface area contributed by atoms with E-state index in [0.29, 0.717) is 22.7 Å². The Morgan fingerprint density at radius 2 is 1.89 bits per heavy atom. The summed E-state index contributed by atoms with van der Waals surface area (Å²) in [5, 5.41) is 0.624. The summed E-state index contributed by atoms with van der Waals surface area (Å²) in [4.78, 5) is 11.8. The van der Waals surface area contributed by atoms with Crippen molar-refractivity contribution >= 4 is 22.7 Å². The van der Waals surface area contributed by atoms with Gasteiger partial charge >= 0.3 is 5.76 Å². The van der Waals surface area contributed by atoms with Gasteiger partial charge in [0.25, 0.3) is 0 Å². The van der Waals surface area contributed by atoms with Crippen LogP contribution >= 0.6 is 11.6 Å². The van der Waals surface area contributed by atoms with Crippen LogP contribution in [-0.2, 0) is 6.54 Å². The maximum absolute atomic E-state index is 13.2. The lowest BCUT2D eigenvalue weighted by molar-refractivity contribution is 0.517.